The number of hydrogen-bond acceptors (Lipinski definition) is 4. The van der Waals surface area contributed by atoms with Gasteiger partial charge in [-0.05, 0) is 37.6 Å². The van der Waals surface area contributed by atoms with Crippen LogP contribution >= 0.6 is 11.6 Å². The van der Waals surface area contributed by atoms with Crippen molar-refractivity contribution in [3.05, 3.63) is 22.7 Å². The van der Waals surface area contributed by atoms with Crippen LogP contribution in [0.25, 0.3) is 0 Å². The lowest BCUT2D eigenvalue weighted by Gasteiger charge is -2.14. The molecule has 20 heavy (non-hydrogen) atoms. The summed E-state index contributed by atoms with van der Waals surface area (Å²) in [5.74, 6) is 0.957. The smallest absolute Gasteiger partial charge is 0.223 e. The van der Waals surface area contributed by atoms with Crippen molar-refractivity contribution in [1.82, 2.24) is 5.32 Å². The third kappa shape index (κ3) is 4.90. The lowest BCUT2D eigenvalue weighted by atomic mass is 10.1. The number of hydrogen-bond donors (Lipinski definition) is 2. The lowest BCUT2D eigenvalue weighted by Crippen LogP contribution is -2.24. The van der Waals surface area contributed by atoms with E-state index in [4.69, 9.17) is 26.8 Å². The van der Waals surface area contributed by atoms with E-state index < -0.39 is 0 Å². The van der Waals surface area contributed by atoms with Gasteiger partial charge < -0.3 is 20.5 Å². The first-order valence-electron chi connectivity index (χ1n) is 6.58. The molecule has 0 unspecified atom stereocenters. The normalized spacial score (nSPS) is 10.2. The van der Waals surface area contributed by atoms with Crippen molar-refractivity contribution >= 4 is 17.5 Å². The number of carbonyl (C=O) groups is 1. The molecule has 112 valence electrons. The maximum atomic E-state index is 11.3. The second-order valence-corrected chi connectivity index (χ2v) is 4.61. The molecule has 0 atom stereocenters. The summed E-state index contributed by atoms with van der Waals surface area (Å²) in [5, 5.41) is 3.17. The number of carbonyl (C=O) groups excluding carboxylic acids is 1. The highest BCUT2D eigenvalue weighted by Gasteiger charge is 2.12. The molecule has 0 radical (unpaired) electrons. The van der Waals surface area contributed by atoms with E-state index in [1.54, 1.807) is 13.2 Å². The predicted octanol–water partition coefficient (Wildman–Crippen LogP) is 1.75. The summed E-state index contributed by atoms with van der Waals surface area (Å²) in [5.41, 5.74) is 6.51. The number of methoxy groups -OCH3 is 1. The molecule has 1 rings (SSSR count). The number of ether oxygens (including phenoxy) is 2. The van der Waals surface area contributed by atoms with Crippen molar-refractivity contribution in [2.24, 2.45) is 5.73 Å². The molecular formula is C14H21ClN2O3. The summed E-state index contributed by atoms with van der Waals surface area (Å²) >= 11 is 6.18. The van der Waals surface area contributed by atoms with E-state index in [2.05, 4.69) is 5.32 Å². The predicted molar refractivity (Wildman–Crippen MR) is 79.6 cm³/mol. The summed E-state index contributed by atoms with van der Waals surface area (Å²) in [4.78, 5) is 11.3. The molecule has 3 N–H and O–H groups in total. The average Bonchev–Trinajstić information content (AvgIpc) is 2.41. The van der Waals surface area contributed by atoms with E-state index in [-0.39, 0.29) is 18.9 Å². The Morgan fingerprint density at radius 2 is 2.20 bits per heavy atom. The Morgan fingerprint density at radius 1 is 1.45 bits per heavy atom. The van der Waals surface area contributed by atoms with Crippen LogP contribution < -0.4 is 20.5 Å². The van der Waals surface area contributed by atoms with Crippen LogP contribution in [0.5, 0.6) is 11.5 Å². The second kappa shape index (κ2) is 8.66. The SMILES string of the molecule is CCNC(=O)CCOc1c(Cl)cc(CCN)cc1OC. The number of amides is 1. The van der Waals surface area contributed by atoms with Gasteiger partial charge in [-0.25, -0.2) is 0 Å². The third-order valence-electron chi connectivity index (χ3n) is 2.67. The molecular weight excluding hydrogens is 280 g/mol. The van der Waals surface area contributed by atoms with E-state index >= 15 is 0 Å². The minimum Gasteiger partial charge on any atom is -0.493 e. The molecule has 1 aromatic rings. The molecule has 0 aliphatic carbocycles. The molecule has 1 amide bonds. The molecule has 0 saturated carbocycles. The molecule has 5 nitrogen and oxygen atoms in total. The van der Waals surface area contributed by atoms with Crippen molar-refractivity contribution in [1.29, 1.82) is 0 Å². The van der Waals surface area contributed by atoms with Crippen LogP contribution in [0.3, 0.4) is 0 Å². The van der Waals surface area contributed by atoms with Crippen LogP contribution in [0.2, 0.25) is 5.02 Å². The van der Waals surface area contributed by atoms with E-state index in [1.165, 1.54) is 0 Å². The van der Waals surface area contributed by atoms with E-state index in [0.29, 0.717) is 29.6 Å². The number of rotatable bonds is 8. The van der Waals surface area contributed by atoms with Crippen molar-refractivity contribution in [3.8, 4) is 11.5 Å². The highest BCUT2D eigenvalue weighted by Crippen LogP contribution is 2.36. The van der Waals surface area contributed by atoms with Crippen molar-refractivity contribution in [3.63, 3.8) is 0 Å². The maximum Gasteiger partial charge on any atom is 0.223 e. The second-order valence-electron chi connectivity index (χ2n) is 4.20. The van der Waals surface area contributed by atoms with Crippen LogP contribution in [0.15, 0.2) is 12.1 Å². The summed E-state index contributed by atoms with van der Waals surface area (Å²) < 4.78 is 10.8. The Morgan fingerprint density at radius 3 is 2.80 bits per heavy atom. The van der Waals surface area contributed by atoms with Crippen LogP contribution in [0.4, 0.5) is 0 Å². The van der Waals surface area contributed by atoms with Gasteiger partial charge in [0, 0.05) is 6.54 Å². The van der Waals surface area contributed by atoms with Gasteiger partial charge in [-0.3, -0.25) is 4.79 Å². The van der Waals surface area contributed by atoms with Gasteiger partial charge in [-0.2, -0.15) is 0 Å². The monoisotopic (exact) mass is 300 g/mol. The van der Waals surface area contributed by atoms with Gasteiger partial charge in [0.05, 0.1) is 25.2 Å². The van der Waals surface area contributed by atoms with E-state index in [0.717, 1.165) is 12.0 Å². The van der Waals surface area contributed by atoms with Gasteiger partial charge in [0.25, 0.3) is 0 Å². The Labute approximate surface area is 124 Å². The number of benzene rings is 1. The molecule has 6 heteroatoms. The van der Waals surface area contributed by atoms with Gasteiger partial charge in [0.15, 0.2) is 11.5 Å². The highest BCUT2D eigenvalue weighted by atomic mass is 35.5. The maximum absolute atomic E-state index is 11.3. The third-order valence-corrected chi connectivity index (χ3v) is 2.95. The Kier molecular flexibility index (Phi) is 7.18. The van der Waals surface area contributed by atoms with Gasteiger partial charge in [0.1, 0.15) is 0 Å². The first kappa shape index (κ1) is 16.6. The molecule has 0 fully saturated rings. The molecule has 0 bridgehead atoms. The van der Waals surface area contributed by atoms with E-state index in [1.807, 2.05) is 13.0 Å². The topological polar surface area (TPSA) is 73.6 Å². The Balaban J connectivity index is 2.71. The van der Waals surface area contributed by atoms with Crippen LogP contribution in [0.1, 0.15) is 18.9 Å². The number of halogens is 1. The van der Waals surface area contributed by atoms with Crippen molar-refractivity contribution in [2.45, 2.75) is 19.8 Å². The standard InChI is InChI=1S/C14H21ClN2O3/c1-3-17-13(18)5-7-20-14-11(15)8-10(4-6-16)9-12(14)19-2/h8-9H,3-7,16H2,1-2H3,(H,17,18). The molecule has 0 aromatic heterocycles. The summed E-state index contributed by atoms with van der Waals surface area (Å²) in [6.45, 7) is 3.26. The zero-order valence-corrected chi connectivity index (χ0v) is 12.6. The molecule has 0 saturated heterocycles. The molecule has 0 aliphatic heterocycles. The minimum absolute atomic E-state index is 0.0534. The average molecular weight is 301 g/mol. The van der Waals surface area contributed by atoms with E-state index in [9.17, 15) is 4.79 Å². The molecule has 0 aliphatic rings. The van der Waals surface area contributed by atoms with Crippen LogP contribution in [-0.2, 0) is 11.2 Å². The highest BCUT2D eigenvalue weighted by molar-refractivity contribution is 6.32. The van der Waals surface area contributed by atoms with Crippen LogP contribution in [-0.4, -0.2) is 32.7 Å². The van der Waals surface area contributed by atoms with Crippen LogP contribution in [0, 0.1) is 0 Å². The first-order valence-corrected chi connectivity index (χ1v) is 6.96. The van der Waals surface area contributed by atoms with Crippen molar-refractivity contribution < 1.29 is 14.3 Å². The fourth-order valence-electron chi connectivity index (χ4n) is 1.76. The number of nitrogens with two attached hydrogens (primary N) is 1. The summed E-state index contributed by atoms with van der Waals surface area (Å²) in [7, 11) is 1.55. The number of nitrogens with one attached hydrogen (secondary N) is 1. The lowest BCUT2D eigenvalue weighted by molar-refractivity contribution is -0.121. The minimum atomic E-state index is -0.0534. The zero-order valence-electron chi connectivity index (χ0n) is 11.9. The fourth-order valence-corrected chi connectivity index (χ4v) is 2.04. The van der Waals surface area contributed by atoms with Gasteiger partial charge >= 0.3 is 0 Å². The molecule has 1 aromatic carbocycles. The van der Waals surface area contributed by atoms with Gasteiger partial charge in [-0.15, -0.1) is 0 Å². The Bertz CT molecular complexity index is 452. The summed E-state index contributed by atoms with van der Waals surface area (Å²) in [6, 6.07) is 3.65. The fraction of sp³-hybridized carbons (Fsp3) is 0.500. The van der Waals surface area contributed by atoms with Crippen molar-refractivity contribution in [2.75, 3.05) is 26.8 Å². The van der Waals surface area contributed by atoms with Gasteiger partial charge in [0.2, 0.25) is 5.91 Å². The quantitative estimate of drug-likeness (QED) is 0.767. The largest absolute Gasteiger partial charge is 0.493 e. The van der Waals surface area contributed by atoms with Gasteiger partial charge in [-0.1, -0.05) is 11.6 Å². The molecule has 0 spiro atoms. The molecule has 0 heterocycles. The first-order chi connectivity index (χ1) is 9.62. The zero-order chi connectivity index (χ0) is 15.0. The Hall–Kier alpha value is -1.46. The summed E-state index contributed by atoms with van der Waals surface area (Å²) in [6.07, 6.45) is 0.993.